The van der Waals surface area contributed by atoms with Crippen molar-refractivity contribution in [1.29, 1.82) is 0 Å². The van der Waals surface area contributed by atoms with Gasteiger partial charge in [0, 0.05) is 24.1 Å². The van der Waals surface area contributed by atoms with Gasteiger partial charge in [0.25, 0.3) is 5.91 Å². The maximum Gasteiger partial charge on any atom is 0.254 e. The van der Waals surface area contributed by atoms with Gasteiger partial charge in [0.15, 0.2) is 0 Å². The molecule has 156 valence electrons. The standard InChI is InChI=1S/C26H25N3O2/c1-19-13-15-23(16-14-19)26(30)29(20(2)21-9-5-3-6-10-21)18-17-24-27-25(28-31-24)22-11-7-4-8-12-22/h3-16,20H,17-18H2,1-2H3. The third-order valence-corrected chi connectivity index (χ3v) is 5.38. The SMILES string of the molecule is Cc1ccc(C(=O)N(CCc2nc(-c3ccccc3)no2)C(C)c2ccccc2)cc1. The molecule has 0 fully saturated rings. The van der Waals surface area contributed by atoms with Gasteiger partial charge >= 0.3 is 0 Å². The van der Waals surface area contributed by atoms with Crippen LogP contribution in [0.5, 0.6) is 0 Å². The molecule has 1 atom stereocenters. The first kappa shape index (κ1) is 20.5. The zero-order valence-corrected chi connectivity index (χ0v) is 17.7. The fourth-order valence-corrected chi connectivity index (χ4v) is 3.52. The third kappa shape index (κ3) is 4.89. The van der Waals surface area contributed by atoms with Crippen LogP contribution in [0.15, 0.2) is 89.5 Å². The minimum Gasteiger partial charge on any atom is -0.339 e. The average Bonchev–Trinajstić information content (AvgIpc) is 3.29. The van der Waals surface area contributed by atoms with Gasteiger partial charge in [-0.15, -0.1) is 0 Å². The lowest BCUT2D eigenvalue weighted by atomic mass is 10.0. The van der Waals surface area contributed by atoms with Gasteiger partial charge in [-0.2, -0.15) is 4.98 Å². The summed E-state index contributed by atoms with van der Waals surface area (Å²) in [5, 5.41) is 4.09. The molecule has 3 aromatic carbocycles. The number of aryl methyl sites for hydroxylation is 1. The van der Waals surface area contributed by atoms with E-state index in [2.05, 4.69) is 10.1 Å². The Kier molecular flexibility index (Phi) is 6.22. The van der Waals surface area contributed by atoms with Crippen LogP contribution in [0, 0.1) is 6.92 Å². The van der Waals surface area contributed by atoms with E-state index in [1.165, 1.54) is 0 Å². The van der Waals surface area contributed by atoms with E-state index in [-0.39, 0.29) is 11.9 Å². The highest BCUT2D eigenvalue weighted by Gasteiger charge is 2.23. The van der Waals surface area contributed by atoms with Gasteiger partial charge in [-0.3, -0.25) is 4.79 Å². The summed E-state index contributed by atoms with van der Waals surface area (Å²) in [5.41, 5.74) is 3.78. The van der Waals surface area contributed by atoms with Gasteiger partial charge in [0.05, 0.1) is 6.04 Å². The number of benzene rings is 3. The van der Waals surface area contributed by atoms with Crippen LogP contribution >= 0.6 is 0 Å². The Morgan fingerprint density at radius 3 is 2.26 bits per heavy atom. The summed E-state index contributed by atoms with van der Waals surface area (Å²) in [4.78, 5) is 19.8. The van der Waals surface area contributed by atoms with Crippen molar-refractivity contribution in [1.82, 2.24) is 15.0 Å². The van der Waals surface area contributed by atoms with E-state index in [1.54, 1.807) is 0 Å². The maximum atomic E-state index is 13.4. The van der Waals surface area contributed by atoms with E-state index in [9.17, 15) is 4.79 Å². The summed E-state index contributed by atoms with van der Waals surface area (Å²) < 4.78 is 5.46. The average molecular weight is 412 g/mol. The molecule has 5 nitrogen and oxygen atoms in total. The van der Waals surface area contributed by atoms with Gasteiger partial charge in [-0.05, 0) is 31.5 Å². The molecule has 0 saturated heterocycles. The van der Waals surface area contributed by atoms with Crippen molar-refractivity contribution in [3.05, 3.63) is 108 Å². The molecular formula is C26H25N3O2. The number of carbonyl (C=O) groups excluding carboxylic acids is 1. The molecule has 1 heterocycles. The Hall–Kier alpha value is -3.73. The van der Waals surface area contributed by atoms with Crippen LogP contribution in [0.2, 0.25) is 0 Å². The van der Waals surface area contributed by atoms with Crippen molar-refractivity contribution < 1.29 is 9.32 Å². The summed E-state index contributed by atoms with van der Waals surface area (Å²) in [6.07, 6.45) is 0.481. The lowest BCUT2D eigenvalue weighted by molar-refractivity contribution is 0.0689. The molecule has 31 heavy (non-hydrogen) atoms. The van der Waals surface area contributed by atoms with Crippen LogP contribution in [0.3, 0.4) is 0 Å². The van der Waals surface area contributed by atoms with Crippen LogP contribution in [-0.4, -0.2) is 27.5 Å². The van der Waals surface area contributed by atoms with Gasteiger partial charge in [-0.25, -0.2) is 0 Å². The topological polar surface area (TPSA) is 59.2 Å². The van der Waals surface area contributed by atoms with Crippen LogP contribution in [0.4, 0.5) is 0 Å². The molecule has 0 spiro atoms. The molecule has 0 radical (unpaired) electrons. The summed E-state index contributed by atoms with van der Waals surface area (Å²) >= 11 is 0. The smallest absolute Gasteiger partial charge is 0.254 e. The van der Waals surface area contributed by atoms with Crippen molar-refractivity contribution in [3.8, 4) is 11.4 Å². The monoisotopic (exact) mass is 411 g/mol. The number of rotatable bonds is 7. The molecule has 4 rings (SSSR count). The number of hydrogen-bond acceptors (Lipinski definition) is 4. The first-order valence-electron chi connectivity index (χ1n) is 10.4. The Morgan fingerprint density at radius 2 is 1.58 bits per heavy atom. The van der Waals surface area contributed by atoms with Crippen molar-refractivity contribution in [2.75, 3.05) is 6.54 Å². The Labute approximate surface area is 182 Å². The molecule has 0 aliphatic rings. The molecule has 0 aliphatic carbocycles. The Balaban J connectivity index is 1.55. The largest absolute Gasteiger partial charge is 0.339 e. The summed E-state index contributed by atoms with van der Waals surface area (Å²) in [6, 6.07) is 27.3. The predicted octanol–water partition coefficient (Wildman–Crippen LogP) is 5.49. The van der Waals surface area contributed by atoms with Crippen LogP contribution in [0.1, 0.15) is 40.3 Å². The lowest BCUT2D eigenvalue weighted by Gasteiger charge is -2.29. The second kappa shape index (κ2) is 9.39. The number of aromatic nitrogens is 2. The summed E-state index contributed by atoms with van der Waals surface area (Å²) in [5.74, 6) is 1.06. The Bertz CT molecular complexity index is 1120. The van der Waals surface area contributed by atoms with E-state index >= 15 is 0 Å². The van der Waals surface area contributed by atoms with Crippen molar-refractivity contribution in [2.45, 2.75) is 26.3 Å². The maximum absolute atomic E-state index is 13.4. The number of carbonyl (C=O) groups is 1. The zero-order valence-electron chi connectivity index (χ0n) is 17.7. The normalized spacial score (nSPS) is 11.8. The van der Waals surface area contributed by atoms with Crippen LogP contribution in [-0.2, 0) is 6.42 Å². The van der Waals surface area contributed by atoms with Crippen LogP contribution in [0.25, 0.3) is 11.4 Å². The zero-order chi connectivity index (χ0) is 21.6. The van der Waals surface area contributed by atoms with Crippen molar-refractivity contribution >= 4 is 5.91 Å². The highest BCUT2D eigenvalue weighted by Crippen LogP contribution is 2.23. The molecule has 1 aromatic heterocycles. The molecule has 0 aliphatic heterocycles. The molecule has 5 heteroatoms. The quantitative estimate of drug-likeness (QED) is 0.403. The fraction of sp³-hybridized carbons (Fsp3) is 0.192. The van der Waals surface area contributed by atoms with Crippen molar-refractivity contribution in [2.24, 2.45) is 0 Å². The van der Waals surface area contributed by atoms with E-state index in [0.29, 0.717) is 30.2 Å². The predicted molar refractivity (Wildman–Crippen MR) is 121 cm³/mol. The Morgan fingerprint density at radius 1 is 0.935 bits per heavy atom. The first-order valence-corrected chi connectivity index (χ1v) is 10.4. The molecular weight excluding hydrogens is 386 g/mol. The molecule has 4 aromatic rings. The van der Waals surface area contributed by atoms with Crippen LogP contribution < -0.4 is 0 Å². The van der Waals surface area contributed by atoms with E-state index < -0.39 is 0 Å². The molecule has 1 amide bonds. The minimum atomic E-state index is -0.0912. The van der Waals surface area contributed by atoms with E-state index in [1.807, 2.05) is 104 Å². The molecule has 0 N–H and O–H groups in total. The van der Waals surface area contributed by atoms with Gasteiger partial charge < -0.3 is 9.42 Å². The molecule has 0 bridgehead atoms. The second-order valence-corrected chi connectivity index (χ2v) is 7.58. The second-order valence-electron chi connectivity index (χ2n) is 7.58. The number of hydrogen-bond donors (Lipinski definition) is 0. The summed E-state index contributed by atoms with van der Waals surface area (Å²) in [6.45, 7) is 4.53. The van der Waals surface area contributed by atoms with E-state index in [0.717, 1.165) is 16.7 Å². The highest BCUT2D eigenvalue weighted by molar-refractivity contribution is 5.94. The summed E-state index contributed by atoms with van der Waals surface area (Å²) in [7, 11) is 0. The minimum absolute atomic E-state index is 0.0147. The molecule has 0 saturated carbocycles. The lowest BCUT2D eigenvalue weighted by Crippen LogP contribution is -2.35. The van der Waals surface area contributed by atoms with Gasteiger partial charge in [0.2, 0.25) is 11.7 Å². The number of amides is 1. The van der Waals surface area contributed by atoms with Gasteiger partial charge in [0.1, 0.15) is 0 Å². The molecule has 1 unspecified atom stereocenters. The number of nitrogens with zero attached hydrogens (tertiary/aromatic N) is 3. The van der Waals surface area contributed by atoms with Crippen molar-refractivity contribution in [3.63, 3.8) is 0 Å². The van der Waals surface area contributed by atoms with E-state index in [4.69, 9.17) is 4.52 Å². The fourth-order valence-electron chi connectivity index (χ4n) is 3.52. The van der Waals surface area contributed by atoms with Gasteiger partial charge in [-0.1, -0.05) is 83.5 Å². The first-order chi connectivity index (χ1) is 15.1. The third-order valence-electron chi connectivity index (χ3n) is 5.38. The highest BCUT2D eigenvalue weighted by atomic mass is 16.5.